The van der Waals surface area contributed by atoms with E-state index in [9.17, 15) is 0 Å². The van der Waals surface area contributed by atoms with Gasteiger partial charge in [0.1, 0.15) is 5.15 Å². The Morgan fingerprint density at radius 3 is 2.82 bits per heavy atom. The van der Waals surface area contributed by atoms with Gasteiger partial charge in [0.25, 0.3) is 0 Å². The average Bonchev–Trinajstić information content (AvgIpc) is 2.77. The van der Waals surface area contributed by atoms with Gasteiger partial charge in [-0.15, -0.1) is 0 Å². The maximum atomic E-state index is 6.17. The Balaban J connectivity index is 2.13. The first-order valence-corrected chi connectivity index (χ1v) is 7.04. The molecule has 0 aliphatic carbocycles. The second kappa shape index (κ2) is 4.48. The van der Waals surface area contributed by atoms with Crippen molar-refractivity contribution in [3.63, 3.8) is 0 Å². The summed E-state index contributed by atoms with van der Waals surface area (Å²) < 4.78 is 0. The number of nitrogens with zero attached hydrogens (tertiary/aromatic N) is 2. The average molecular weight is 283 g/mol. The summed E-state index contributed by atoms with van der Waals surface area (Å²) in [5.41, 5.74) is 3.02. The predicted molar refractivity (Wildman–Crippen MR) is 72.5 cm³/mol. The van der Waals surface area contributed by atoms with Crippen molar-refractivity contribution in [2.75, 3.05) is 0 Å². The summed E-state index contributed by atoms with van der Waals surface area (Å²) in [4.78, 5) is 8.89. The number of thioether (sulfide) groups is 1. The standard InChI is InChI=1S/C12H8Cl2N2S/c13-8-3-1-2-7(4-8)12-15-10-6-17-5-9(10)11(14)16-12/h1-4H,5-6H2. The summed E-state index contributed by atoms with van der Waals surface area (Å²) in [5, 5.41) is 1.24. The molecule has 2 nitrogen and oxygen atoms in total. The lowest BCUT2D eigenvalue weighted by atomic mass is 10.2. The third-order valence-electron chi connectivity index (χ3n) is 2.61. The molecule has 0 saturated heterocycles. The van der Waals surface area contributed by atoms with Crippen LogP contribution in [0.1, 0.15) is 11.3 Å². The molecule has 0 amide bonds. The van der Waals surface area contributed by atoms with Gasteiger partial charge in [-0.05, 0) is 12.1 Å². The minimum atomic E-state index is 0.565. The normalized spacial score (nSPS) is 13.8. The van der Waals surface area contributed by atoms with Crippen LogP contribution < -0.4 is 0 Å². The van der Waals surface area contributed by atoms with Crippen LogP contribution in [0.15, 0.2) is 24.3 Å². The van der Waals surface area contributed by atoms with Crippen molar-refractivity contribution in [3.8, 4) is 11.4 Å². The molecule has 5 heteroatoms. The summed E-state index contributed by atoms with van der Waals surface area (Å²) in [6, 6.07) is 7.50. The van der Waals surface area contributed by atoms with Crippen LogP contribution in [-0.2, 0) is 11.5 Å². The van der Waals surface area contributed by atoms with Crippen molar-refractivity contribution in [1.82, 2.24) is 9.97 Å². The molecule has 1 aliphatic rings. The van der Waals surface area contributed by atoms with Crippen molar-refractivity contribution in [2.45, 2.75) is 11.5 Å². The third-order valence-corrected chi connectivity index (χ3v) is 4.13. The van der Waals surface area contributed by atoms with Gasteiger partial charge in [0.15, 0.2) is 5.82 Å². The fraction of sp³-hybridized carbons (Fsp3) is 0.167. The van der Waals surface area contributed by atoms with Crippen molar-refractivity contribution in [3.05, 3.63) is 45.7 Å². The van der Waals surface area contributed by atoms with Crippen LogP contribution in [0.2, 0.25) is 10.2 Å². The Bertz CT molecular complexity index is 587. The number of hydrogen-bond acceptors (Lipinski definition) is 3. The number of benzene rings is 1. The highest BCUT2D eigenvalue weighted by Crippen LogP contribution is 2.34. The number of aromatic nitrogens is 2. The molecule has 86 valence electrons. The van der Waals surface area contributed by atoms with Crippen molar-refractivity contribution in [2.24, 2.45) is 0 Å². The monoisotopic (exact) mass is 282 g/mol. The minimum absolute atomic E-state index is 0.565. The predicted octanol–water partition coefficient (Wildman–Crippen LogP) is 4.20. The lowest BCUT2D eigenvalue weighted by molar-refractivity contribution is 1.07. The lowest BCUT2D eigenvalue weighted by Crippen LogP contribution is -1.97. The van der Waals surface area contributed by atoms with E-state index < -0.39 is 0 Å². The molecule has 1 aliphatic heterocycles. The van der Waals surface area contributed by atoms with Crippen LogP contribution in [0.3, 0.4) is 0 Å². The first-order valence-electron chi connectivity index (χ1n) is 5.13. The van der Waals surface area contributed by atoms with Gasteiger partial charge in [-0.2, -0.15) is 11.8 Å². The van der Waals surface area contributed by atoms with Crippen LogP contribution >= 0.6 is 35.0 Å². The van der Waals surface area contributed by atoms with Gasteiger partial charge in [-0.1, -0.05) is 35.3 Å². The molecule has 1 aromatic carbocycles. The van der Waals surface area contributed by atoms with E-state index in [0.717, 1.165) is 28.3 Å². The van der Waals surface area contributed by atoms with Gasteiger partial charge >= 0.3 is 0 Å². The summed E-state index contributed by atoms with van der Waals surface area (Å²) >= 11 is 13.9. The van der Waals surface area contributed by atoms with E-state index in [4.69, 9.17) is 23.2 Å². The highest BCUT2D eigenvalue weighted by atomic mass is 35.5. The van der Waals surface area contributed by atoms with E-state index in [1.807, 2.05) is 36.0 Å². The van der Waals surface area contributed by atoms with Gasteiger partial charge < -0.3 is 0 Å². The topological polar surface area (TPSA) is 25.8 Å². The van der Waals surface area contributed by atoms with Crippen molar-refractivity contribution in [1.29, 1.82) is 0 Å². The zero-order valence-electron chi connectivity index (χ0n) is 8.78. The first kappa shape index (κ1) is 11.3. The zero-order chi connectivity index (χ0) is 11.8. The van der Waals surface area contributed by atoms with Gasteiger partial charge in [-0.3, -0.25) is 0 Å². The SMILES string of the molecule is Clc1cccc(-c2nc(Cl)c3c(n2)CSC3)c1. The molecule has 0 saturated carbocycles. The molecule has 0 unspecified atom stereocenters. The van der Waals surface area contributed by atoms with E-state index in [-0.39, 0.29) is 0 Å². The molecule has 1 aromatic heterocycles. The molecule has 17 heavy (non-hydrogen) atoms. The molecule has 0 bridgehead atoms. The maximum Gasteiger partial charge on any atom is 0.161 e. The van der Waals surface area contributed by atoms with E-state index in [1.165, 1.54) is 0 Å². The van der Waals surface area contributed by atoms with Gasteiger partial charge in [0.2, 0.25) is 0 Å². The van der Waals surface area contributed by atoms with Crippen LogP contribution in [0.4, 0.5) is 0 Å². The molecule has 0 fully saturated rings. The summed E-state index contributed by atoms with van der Waals surface area (Å²) in [6.45, 7) is 0. The highest BCUT2D eigenvalue weighted by Gasteiger charge is 2.19. The molecule has 0 spiro atoms. The van der Waals surface area contributed by atoms with Crippen molar-refractivity contribution < 1.29 is 0 Å². The Morgan fingerprint density at radius 1 is 1.12 bits per heavy atom. The Kier molecular flexibility index (Phi) is 2.99. The molecule has 2 aromatic rings. The quantitative estimate of drug-likeness (QED) is 0.734. The first-order chi connectivity index (χ1) is 8.24. The van der Waals surface area contributed by atoms with Gasteiger partial charge in [0.05, 0.1) is 5.69 Å². The summed E-state index contributed by atoms with van der Waals surface area (Å²) in [5.74, 6) is 2.47. The number of hydrogen-bond donors (Lipinski definition) is 0. The van der Waals surface area contributed by atoms with E-state index in [1.54, 1.807) is 0 Å². The molecule has 2 heterocycles. The van der Waals surface area contributed by atoms with Gasteiger partial charge in [-0.25, -0.2) is 9.97 Å². The third kappa shape index (κ3) is 2.15. The molecule has 0 atom stereocenters. The van der Waals surface area contributed by atoms with Crippen LogP contribution in [0, 0.1) is 0 Å². The molecule has 0 N–H and O–H groups in total. The van der Waals surface area contributed by atoms with Crippen LogP contribution in [0.25, 0.3) is 11.4 Å². The van der Waals surface area contributed by atoms with Gasteiger partial charge in [0, 0.05) is 27.7 Å². The number of rotatable bonds is 1. The minimum Gasteiger partial charge on any atom is -0.232 e. The van der Waals surface area contributed by atoms with Crippen molar-refractivity contribution >= 4 is 35.0 Å². The van der Waals surface area contributed by atoms with E-state index in [0.29, 0.717) is 16.0 Å². The Labute approximate surface area is 113 Å². The van der Waals surface area contributed by atoms with Crippen LogP contribution in [0.5, 0.6) is 0 Å². The Hall–Kier alpha value is -0.770. The second-order valence-corrected chi connectivity index (χ2v) is 5.55. The van der Waals surface area contributed by atoms with Crippen LogP contribution in [-0.4, -0.2) is 9.97 Å². The zero-order valence-corrected chi connectivity index (χ0v) is 11.1. The summed E-state index contributed by atoms with van der Waals surface area (Å²) in [6.07, 6.45) is 0. The smallest absolute Gasteiger partial charge is 0.161 e. The maximum absolute atomic E-state index is 6.17. The number of fused-ring (bicyclic) bond motifs is 1. The largest absolute Gasteiger partial charge is 0.232 e. The number of halogens is 2. The van der Waals surface area contributed by atoms with E-state index >= 15 is 0 Å². The molecule has 3 rings (SSSR count). The lowest BCUT2D eigenvalue weighted by Gasteiger charge is -2.05. The Morgan fingerprint density at radius 2 is 2.00 bits per heavy atom. The summed E-state index contributed by atoms with van der Waals surface area (Å²) in [7, 11) is 0. The molecular weight excluding hydrogens is 275 g/mol. The fourth-order valence-corrected chi connectivity index (χ4v) is 3.34. The fourth-order valence-electron chi connectivity index (χ4n) is 1.77. The molecular formula is C12H8Cl2N2S. The second-order valence-electron chi connectivity index (χ2n) is 3.77. The molecule has 0 radical (unpaired) electrons. The highest BCUT2D eigenvalue weighted by molar-refractivity contribution is 7.98. The van der Waals surface area contributed by atoms with E-state index in [2.05, 4.69) is 9.97 Å².